The van der Waals surface area contributed by atoms with Gasteiger partial charge in [0.2, 0.25) is 0 Å². The van der Waals surface area contributed by atoms with Gasteiger partial charge in [0.1, 0.15) is 5.75 Å². The minimum Gasteiger partial charge on any atom is -0.482 e. The Kier molecular flexibility index (Phi) is 5.22. The molecule has 1 aliphatic carbocycles. The summed E-state index contributed by atoms with van der Waals surface area (Å²) in [6.45, 7) is 4.45. The van der Waals surface area contributed by atoms with Crippen molar-refractivity contribution in [3.63, 3.8) is 0 Å². The van der Waals surface area contributed by atoms with Crippen LogP contribution >= 0.6 is 0 Å². The van der Waals surface area contributed by atoms with Crippen molar-refractivity contribution >= 4 is 5.97 Å². The van der Waals surface area contributed by atoms with E-state index >= 15 is 0 Å². The van der Waals surface area contributed by atoms with Crippen LogP contribution in [0.25, 0.3) is 0 Å². The van der Waals surface area contributed by atoms with Crippen LogP contribution in [0.1, 0.15) is 30.4 Å². The molecule has 0 aromatic heterocycles. The molecule has 1 aromatic rings. The van der Waals surface area contributed by atoms with Crippen molar-refractivity contribution in [2.24, 2.45) is 5.92 Å². The van der Waals surface area contributed by atoms with E-state index in [9.17, 15) is 4.79 Å². The van der Waals surface area contributed by atoms with Crippen LogP contribution in [0.15, 0.2) is 30.4 Å². The lowest BCUT2D eigenvalue weighted by Gasteiger charge is -2.17. The zero-order valence-corrected chi connectivity index (χ0v) is 12.2. The predicted molar refractivity (Wildman–Crippen MR) is 78.9 cm³/mol. The number of allylic oxidation sites excluding steroid dienone is 2. The second kappa shape index (κ2) is 7.13. The van der Waals surface area contributed by atoms with Crippen molar-refractivity contribution in [1.82, 2.24) is 0 Å². The fraction of sp³-hybridized carbons (Fsp3) is 0.471. The lowest BCUT2D eigenvalue weighted by atomic mass is 9.95. The van der Waals surface area contributed by atoms with Gasteiger partial charge in [-0.1, -0.05) is 24.3 Å². The first kappa shape index (κ1) is 14.6. The topological polar surface area (TPSA) is 35.5 Å². The molecular formula is C17H22O3. The zero-order chi connectivity index (χ0) is 14.4. The summed E-state index contributed by atoms with van der Waals surface area (Å²) in [5.74, 6) is 0.924. The minimum absolute atomic E-state index is 0.0210. The van der Waals surface area contributed by atoms with Crippen molar-refractivity contribution in [2.75, 3.05) is 13.2 Å². The standard InChI is InChI=1S/C17H22O3/c1-13-8-9-14(2)16(10-13)19-12-17(18)20-11-15-6-4-3-5-7-15/h3-4,8-10,15H,5-7,11-12H2,1-2H3. The minimum atomic E-state index is -0.291. The summed E-state index contributed by atoms with van der Waals surface area (Å²) in [5, 5.41) is 0. The normalized spacial score (nSPS) is 17.8. The van der Waals surface area contributed by atoms with Crippen LogP contribution in [0, 0.1) is 19.8 Å². The molecule has 1 atom stereocenters. The van der Waals surface area contributed by atoms with Gasteiger partial charge in [-0.15, -0.1) is 0 Å². The number of benzene rings is 1. The van der Waals surface area contributed by atoms with E-state index in [4.69, 9.17) is 9.47 Å². The van der Waals surface area contributed by atoms with E-state index in [1.165, 1.54) is 0 Å². The van der Waals surface area contributed by atoms with Gasteiger partial charge in [-0.25, -0.2) is 4.79 Å². The molecule has 1 aliphatic rings. The largest absolute Gasteiger partial charge is 0.482 e. The maximum Gasteiger partial charge on any atom is 0.344 e. The third-order valence-electron chi connectivity index (χ3n) is 3.55. The van der Waals surface area contributed by atoms with Gasteiger partial charge in [0.15, 0.2) is 6.61 Å². The number of ether oxygens (including phenoxy) is 2. The van der Waals surface area contributed by atoms with Gasteiger partial charge in [-0.3, -0.25) is 0 Å². The average Bonchev–Trinajstić information content (AvgIpc) is 2.47. The Bertz CT molecular complexity index is 491. The molecule has 0 saturated heterocycles. The van der Waals surface area contributed by atoms with E-state index in [0.717, 1.165) is 36.1 Å². The van der Waals surface area contributed by atoms with Crippen molar-refractivity contribution in [3.8, 4) is 5.75 Å². The summed E-state index contributed by atoms with van der Waals surface area (Å²) >= 11 is 0. The van der Waals surface area contributed by atoms with Crippen LogP contribution in [0.3, 0.4) is 0 Å². The van der Waals surface area contributed by atoms with Gasteiger partial charge in [-0.2, -0.15) is 0 Å². The number of hydrogen-bond acceptors (Lipinski definition) is 3. The smallest absolute Gasteiger partial charge is 0.344 e. The maximum absolute atomic E-state index is 11.7. The van der Waals surface area contributed by atoms with Gasteiger partial charge >= 0.3 is 5.97 Å². The first-order chi connectivity index (χ1) is 9.65. The Morgan fingerprint density at radius 2 is 2.15 bits per heavy atom. The molecule has 0 amide bonds. The summed E-state index contributed by atoms with van der Waals surface area (Å²) < 4.78 is 10.8. The molecule has 0 saturated carbocycles. The lowest BCUT2D eigenvalue weighted by molar-refractivity contribution is -0.147. The van der Waals surface area contributed by atoms with E-state index in [0.29, 0.717) is 12.5 Å². The van der Waals surface area contributed by atoms with Crippen LogP contribution in [0.4, 0.5) is 0 Å². The van der Waals surface area contributed by atoms with Crippen LogP contribution in [0.5, 0.6) is 5.75 Å². The van der Waals surface area contributed by atoms with E-state index in [1.54, 1.807) is 0 Å². The highest BCUT2D eigenvalue weighted by Gasteiger charge is 2.13. The summed E-state index contributed by atoms with van der Waals surface area (Å²) in [4.78, 5) is 11.7. The molecule has 0 bridgehead atoms. The molecule has 2 rings (SSSR count). The summed E-state index contributed by atoms with van der Waals surface area (Å²) in [6.07, 6.45) is 7.53. The van der Waals surface area contributed by atoms with E-state index in [2.05, 4.69) is 12.2 Å². The molecule has 1 aromatic carbocycles. The van der Waals surface area contributed by atoms with Crippen molar-refractivity contribution in [3.05, 3.63) is 41.5 Å². The second-order valence-electron chi connectivity index (χ2n) is 5.39. The lowest BCUT2D eigenvalue weighted by Crippen LogP contribution is -2.20. The monoisotopic (exact) mass is 274 g/mol. The Morgan fingerprint density at radius 3 is 2.90 bits per heavy atom. The SMILES string of the molecule is Cc1ccc(C)c(OCC(=O)OCC2CC=CCC2)c1. The molecule has 108 valence electrons. The van der Waals surface area contributed by atoms with Crippen molar-refractivity contribution < 1.29 is 14.3 Å². The molecule has 3 heteroatoms. The molecular weight excluding hydrogens is 252 g/mol. The van der Waals surface area contributed by atoms with E-state index < -0.39 is 0 Å². The third-order valence-corrected chi connectivity index (χ3v) is 3.55. The fourth-order valence-electron chi connectivity index (χ4n) is 2.26. The first-order valence-electron chi connectivity index (χ1n) is 7.16. The third kappa shape index (κ3) is 4.41. The highest BCUT2D eigenvalue weighted by atomic mass is 16.6. The number of aryl methyl sites for hydroxylation is 2. The molecule has 1 unspecified atom stereocenters. The first-order valence-corrected chi connectivity index (χ1v) is 7.16. The quantitative estimate of drug-likeness (QED) is 0.608. The van der Waals surface area contributed by atoms with E-state index in [1.807, 2.05) is 32.0 Å². The van der Waals surface area contributed by atoms with Gasteiger partial charge in [0.25, 0.3) is 0 Å². The van der Waals surface area contributed by atoms with Gasteiger partial charge in [0, 0.05) is 0 Å². The van der Waals surface area contributed by atoms with Gasteiger partial charge in [0.05, 0.1) is 6.61 Å². The van der Waals surface area contributed by atoms with Gasteiger partial charge in [-0.05, 0) is 56.2 Å². The summed E-state index contributed by atoms with van der Waals surface area (Å²) in [5.41, 5.74) is 2.15. The molecule has 0 heterocycles. The van der Waals surface area contributed by atoms with Crippen molar-refractivity contribution in [2.45, 2.75) is 33.1 Å². The van der Waals surface area contributed by atoms with E-state index in [-0.39, 0.29) is 12.6 Å². The fourth-order valence-corrected chi connectivity index (χ4v) is 2.26. The number of rotatable bonds is 5. The zero-order valence-electron chi connectivity index (χ0n) is 12.2. The Labute approximate surface area is 120 Å². The number of carbonyl (C=O) groups excluding carboxylic acids is 1. The highest BCUT2D eigenvalue weighted by molar-refractivity contribution is 5.71. The summed E-state index contributed by atoms with van der Waals surface area (Å²) in [6, 6.07) is 5.95. The Hall–Kier alpha value is -1.77. The average molecular weight is 274 g/mol. The van der Waals surface area contributed by atoms with Crippen molar-refractivity contribution in [1.29, 1.82) is 0 Å². The number of esters is 1. The van der Waals surface area contributed by atoms with Gasteiger partial charge < -0.3 is 9.47 Å². The number of carbonyl (C=O) groups is 1. The van der Waals surface area contributed by atoms with Crippen LogP contribution in [-0.2, 0) is 9.53 Å². The van der Waals surface area contributed by atoms with Crippen LogP contribution in [0.2, 0.25) is 0 Å². The molecule has 3 nitrogen and oxygen atoms in total. The maximum atomic E-state index is 11.7. The summed E-state index contributed by atoms with van der Waals surface area (Å²) in [7, 11) is 0. The number of hydrogen-bond donors (Lipinski definition) is 0. The van der Waals surface area contributed by atoms with Crippen LogP contribution in [-0.4, -0.2) is 19.2 Å². The molecule has 0 spiro atoms. The van der Waals surface area contributed by atoms with Crippen LogP contribution < -0.4 is 4.74 Å². The second-order valence-corrected chi connectivity index (χ2v) is 5.39. The highest BCUT2D eigenvalue weighted by Crippen LogP contribution is 2.20. The molecule has 0 N–H and O–H groups in total. The predicted octanol–water partition coefficient (Wildman–Crippen LogP) is 3.58. The molecule has 0 fully saturated rings. The molecule has 0 aliphatic heterocycles. The Balaban J connectivity index is 1.74. The molecule has 20 heavy (non-hydrogen) atoms. The Morgan fingerprint density at radius 1 is 1.30 bits per heavy atom. The molecule has 0 radical (unpaired) electrons.